The number of aryl methyl sites for hydroxylation is 1. The summed E-state index contributed by atoms with van der Waals surface area (Å²) in [7, 11) is 0. The maximum atomic E-state index is 5.24. The van der Waals surface area contributed by atoms with Gasteiger partial charge in [0.1, 0.15) is 0 Å². The summed E-state index contributed by atoms with van der Waals surface area (Å²) in [6.07, 6.45) is 2.00. The van der Waals surface area contributed by atoms with Crippen molar-refractivity contribution in [1.29, 1.82) is 0 Å². The van der Waals surface area contributed by atoms with Crippen molar-refractivity contribution < 1.29 is 21.1 Å². The summed E-state index contributed by atoms with van der Waals surface area (Å²) in [5.41, 5.74) is 10.7. The molecular formula is C45H43N5Pt. The van der Waals surface area contributed by atoms with E-state index in [0.717, 1.165) is 56.6 Å². The summed E-state index contributed by atoms with van der Waals surface area (Å²) in [6, 6.07) is 51.1. The second-order valence-corrected chi connectivity index (χ2v) is 14.9. The summed E-state index contributed by atoms with van der Waals surface area (Å²) in [5.74, 6) is 1.54. The first kappa shape index (κ1) is 35.8. The van der Waals surface area contributed by atoms with Gasteiger partial charge in [-0.2, -0.15) is 46.6 Å². The Hall–Kier alpha value is -4.99. The Morgan fingerprint density at radius 3 is 1.63 bits per heavy atom. The number of rotatable bonds is 7. The van der Waals surface area contributed by atoms with E-state index < -0.39 is 0 Å². The van der Waals surface area contributed by atoms with E-state index in [1.807, 2.05) is 39.8 Å². The van der Waals surface area contributed by atoms with Gasteiger partial charge in [-0.15, -0.1) is 23.3 Å². The smallest absolute Gasteiger partial charge is 0.276 e. The van der Waals surface area contributed by atoms with Crippen LogP contribution in [0.4, 0.5) is 17.3 Å². The summed E-state index contributed by atoms with van der Waals surface area (Å²) in [5, 5.41) is 10.4. The average molecular weight is 849 g/mol. The van der Waals surface area contributed by atoms with Crippen molar-refractivity contribution >= 4 is 17.3 Å². The molecule has 0 bridgehead atoms. The third kappa shape index (κ3) is 7.70. The van der Waals surface area contributed by atoms with Gasteiger partial charge in [-0.3, -0.25) is 14.3 Å². The minimum absolute atomic E-state index is 0. The summed E-state index contributed by atoms with van der Waals surface area (Å²) in [6.45, 7) is 15.7. The zero-order valence-electron chi connectivity index (χ0n) is 30.3. The zero-order chi connectivity index (χ0) is 35.0. The predicted octanol–water partition coefficient (Wildman–Crippen LogP) is 11.4. The molecule has 0 aliphatic carbocycles. The number of benzene rings is 5. The minimum atomic E-state index is -0.0595. The molecule has 6 heteroatoms. The van der Waals surface area contributed by atoms with Gasteiger partial charge in [-0.25, -0.2) is 0 Å². The van der Waals surface area contributed by atoms with Crippen molar-refractivity contribution in [3.63, 3.8) is 0 Å². The Morgan fingerprint density at radius 1 is 0.549 bits per heavy atom. The van der Waals surface area contributed by atoms with Crippen LogP contribution in [0.2, 0.25) is 0 Å². The molecule has 51 heavy (non-hydrogen) atoms. The van der Waals surface area contributed by atoms with Crippen LogP contribution in [0.3, 0.4) is 0 Å². The average Bonchev–Trinajstić information content (AvgIpc) is 3.76. The molecular weight excluding hydrogens is 806 g/mol. The summed E-state index contributed by atoms with van der Waals surface area (Å²) >= 11 is 0. The van der Waals surface area contributed by atoms with Gasteiger partial charge >= 0.3 is 21.1 Å². The Balaban J connectivity index is 0.00000448. The Labute approximate surface area is 316 Å². The minimum Gasteiger partial charge on any atom is -0.276 e. The number of anilines is 3. The van der Waals surface area contributed by atoms with E-state index >= 15 is 0 Å². The van der Waals surface area contributed by atoms with Gasteiger partial charge in [-0.1, -0.05) is 108 Å². The van der Waals surface area contributed by atoms with Crippen LogP contribution >= 0.6 is 0 Å². The van der Waals surface area contributed by atoms with E-state index in [9.17, 15) is 0 Å². The molecule has 0 atom stereocenters. The quantitative estimate of drug-likeness (QED) is 0.150. The maximum Gasteiger partial charge on any atom is 2.00 e. The molecule has 0 N–H and O–H groups in total. The molecule has 0 unspecified atom stereocenters. The van der Waals surface area contributed by atoms with E-state index in [0.29, 0.717) is 0 Å². The second kappa shape index (κ2) is 14.3. The van der Waals surface area contributed by atoms with E-state index in [2.05, 4.69) is 169 Å². The first-order valence-electron chi connectivity index (χ1n) is 17.2. The van der Waals surface area contributed by atoms with Crippen molar-refractivity contribution in [2.45, 2.75) is 59.3 Å². The topological polar surface area (TPSA) is 38.9 Å². The molecule has 0 saturated heterocycles. The normalized spacial score (nSPS) is 11.7. The van der Waals surface area contributed by atoms with Crippen molar-refractivity contribution in [3.05, 3.63) is 163 Å². The Bertz CT molecular complexity index is 2220. The Kier molecular flexibility index (Phi) is 10.1. The van der Waals surface area contributed by atoms with Gasteiger partial charge < -0.3 is 0 Å². The van der Waals surface area contributed by atoms with Crippen LogP contribution in [-0.4, -0.2) is 19.6 Å². The van der Waals surface area contributed by atoms with Crippen LogP contribution in [0.25, 0.3) is 33.6 Å². The van der Waals surface area contributed by atoms with Crippen molar-refractivity contribution in [3.8, 4) is 33.6 Å². The molecule has 0 saturated carbocycles. The van der Waals surface area contributed by atoms with Crippen LogP contribution in [0.1, 0.15) is 58.4 Å². The van der Waals surface area contributed by atoms with E-state index in [1.165, 1.54) is 11.1 Å². The molecule has 0 aliphatic heterocycles. The third-order valence-corrected chi connectivity index (χ3v) is 9.08. The molecule has 0 aliphatic rings. The van der Waals surface area contributed by atoms with Crippen LogP contribution < -0.4 is 4.90 Å². The molecule has 2 heterocycles. The van der Waals surface area contributed by atoms with Gasteiger partial charge in [0, 0.05) is 29.7 Å². The van der Waals surface area contributed by atoms with Crippen LogP contribution in [-0.2, 0) is 31.9 Å². The molecule has 2 aromatic heterocycles. The van der Waals surface area contributed by atoms with Crippen molar-refractivity contribution in [1.82, 2.24) is 19.6 Å². The molecule has 0 spiro atoms. The number of nitrogens with zero attached hydrogens (tertiary/aromatic N) is 5. The molecule has 7 rings (SSSR count). The van der Waals surface area contributed by atoms with Crippen molar-refractivity contribution in [2.75, 3.05) is 4.90 Å². The van der Waals surface area contributed by atoms with Crippen molar-refractivity contribution in [2.24, 2.45) is 0 Å². The van der Waals surface area contributed by atoms with E-state index in [1.54, 1.807) is 0 Å². The monoisotopic (exact) mass is 848 g/mol. The first-order chi connectivity index (χ1) is 23.9. The standard InChI is InChI=1S/C45H43N5.Pt/c1-32-26-43(47-50(32)40-23-15-21-36(28-40)34-18-12-9-13-19-34)49(41-30-37(44(2,3)4)29-38(31-41)45(5,6)7)42-24-25-48(46-42)39-22-14-20-35(27-39)33-16-10-8-11-17-33;/h8-21,24-31H,1-7H3;/q-2;+2. The first-order valence-corrected chi connectivity index (χ1v) is 17.2. The van der Waals surface area contributed by atoms with E-state index in [-0.39, 0.29) is 31.9 Å². The van der Waals surface area contributed by atoms with E-state index in [4.69, 9.17) is 10.2 Å². The van der Waals surface area contributed by atoms with Gasteiger partial charge in [-0.05, 0) is 63.5 Å². The molecule has 5 nitrogen and oxygen atoms in total. The molecule has 0 amide bonds. The second-order valence-electron chi connectivity index (χ2n) is 14.9. The Morgan fingerprint density at radius 2 is 1.08 bits per heavy atom. The largest absolute Gasteiger partial charge is 2.00 e. The molecule has 258 valence electrons. The van der Waals surface area contributed by atoms with Gasteiger partial charge in [0.15, 0.2) is 11.6 Å². The molecule has 0 fully saturated rings. The van der Waals surface area contributed by atoms with Gasteiger partial charge in [0.2, 0.25) is 0 Å². The summed E-state index contributed by atoms with van der Waals surface area (Å²) in [4.78, 5) is 2.17. The fourth-order valence-corrected chi connectivity index (χ4v) is 6.15. The fraction of sp³-hybridized carbons (Fsp3) is 0.200. The number of hydrogen-bond acceptors (Lipinski definition) is 3. The molecule has 5 aromatic carbocycles. The zero-order valence-corrected chi connectivity index (χ0v) is 32.5. The number of aromatic nitrogens is 4. The predicted molar refractivity (Wildman–Crippen MR) is 206 cm³/mol. The molecule has 7 aromatic rings. The van der Waals surface area contributed by atoms with Crippen LogP contribution in [0.5, 0.6) is 0 Å². The van der Waals surface area contributed by atoms with Gasteiger partial charge in [0.25, 0.3) is 0 Å². The SMILES string of the molecule is Cc1cc(N(c2cc(C(C)(C)C)cc(C(C)(C)C)c2)c2ccn(-c3[c-]ccc(-c4ccccc4)c3)n2)nn1-c1[c-]ccc(-c2ccccc2)c1.[Pt+2]. The van der Waals surface area contributed by atoms with Gasteiger partial charge in [0.05, 0.1) is 0 Å². The van der Waals surface area contributed by atoms with Crippen LogP contribution in [0.15, 0.2) is 134 Å². The van der Waals surface area contributed by atoms with Crippen LogP contribution in [0, 0.1) is 19.1 Å². The summed E-state index contributed by atoms with van der Waals surface area (Å²) < 4.78 is 3.87. The fourth-order valence-electron chi connectivity index (χ4n) is 6.15. The maximum absolute atomic E-state index is 5.24. The molecule has 0 radical (unpaired) electrons. The third-order valence-electron chi connectivity index (χ3n) is 9.08. The number of hydrogen-bond donors (Lipinski definition) is 0.